The van der Waals surface area contributed by atoms with Gasteiger partial charge >= 0.3 is 0 Å². The van der Waals surface area contributed by atoms with Gasteiger partial charge in [-0.3, -0.25) is 4.99 Å². The first-order valence-electron chi connectivity index (χ1n) is 6.73. The summed E-state index contributed by atoms with van der Waals surface area (Å²) in [6, 6.07) is 6.68. The lowest BCUT2D eigenvalue weighted by Crippen LogP contribution is -2.42. The Hall–Kier alpha value is -1.76. The van der Waals surface area contributed by atoms with Gasteiger partial charge in [-0.2, -0.15) is 0 Å². The zero-order valence-corrected chi connectivity index (χ0v) is 13.7. The van der Waals surface area contributed by atoms with Gasteiger partial charge < -0.3 is 15.4 Å². The Bertz CT molecular complexity index is 566. The zero-order chi connectivity index (χ0) is 15.9. The number of nitrogens with zero attached hydrogens (tertiary/aromatic N) is 1. The molecule has 0 saturated carbocycles. The van der Waals surface area contributed by atoms with E-state index < -0.39 is 9.84 Å². The number of aliphatic imine (C=N–C) groups is 1. The van der Waals surface area contributed by atoms with Gasteiger partial charge in [0, 0.05) is 19.3 Å². The van der Waals surface area contributed by atoms with Gasteiger partial charge in [0.05, 0.1) is 11.4 Å². The van der Waals surface area contributed by atoms with E-state index in [-0.39, 0.29) is 4.90 Å². The number of hydrogen-bond acceptors (Lipinski definition) is 4. The van der Waals surface area contributed by atoms with Crippen molar-refractivity contribution in [3.05, 3.63) is 24.3 Å². The topological polar surface area (TPSA) is 79.8 Å². The molecule has 0 amide bonds. The van der Waals surface area contributed by atoms with Gasteiger partial charge in [0.15, 0.2) is 15.8 Å². The summed E-state index contributed by atoms with van der Waals surface area (Å²) in [6.07, 6.45) is 1.18. The fourth-order valence-corrected chi connectivity index (χ4v) is 2.22. The van der Waals surface area contributed by atoms with Gasteiger partial charge in [-0.25, -0.2) is 8.42 Å². The molecule has 0 unspecified atom stereocenters. The van der Waals surface area contributed by atoms with Crippen molar-refractivity contribution in [3.63, 3.8) is 0 Å². The van der Waals surface area contributed by atoms with Gasteiger partial charge in [0.1, 0.15) is 12.4 Å². The van der Waals surface area contributed by atoms with E-state index >= 15 is 0 Å². The van der Waals surface area contributed by atoms with Crippen LogP contribution in [0.25, 0.3) is 0 Å². The Kier molecular flexibility index (Phi) is 6.48. The van der Waals surface area contributed by atoms with Gasteiger partial charge in [0.25, 0.3) is 0 Å². The molecule has 0 aliphatic heterocycles. The molecular formula is C14H23N3O3S. The fraction of sp³-hybridized carbons (Fsp3) is 0.500. The van der Waals surface area contributed by atoms with E-state index in [2.05, 4.69) is 15.6 Å². The minimum Gasteiger partial charge on any atom is -0.492 e. The minimum atomic E-state index is -3.16. The van der Waals surface area contributed by atoms with Crippen LogP contribution in [-0.2, 0) is 9.84 Å². The van der Waals surface area contributed by atoms with Crippen molar-refractivity contribution in [2.75, 3.05) is 26.5 Å². The van der Waals surface area contributed by atoms with Crippen molar-refractivity contribution < 1.29 is 13.2 Å². The average Bonchev–Trinajstić information content (AvgIpc) is 2.41. The standard InChI is InChI=1S/C14H23N3O3S/c1-11(2)17-14(15-3)16-9-10-20-12-5-7-13(8-6-12)21(4,18)19/h5-8,11H,9-10H2,1-4H3,(H2,15,16,17). The normalized spacial score (nSPS) is 12.3. The van der Waals surface area contributed by atoms with Crippen LogP contribution in [0.3, 0.4) is 0 Å². The maximum Gasteiger partial charge on any atom is 0.191 e. The highest BCUT2D eigenvalue weighted by atomic mass is 32.2. The van der Waals surface area contributed by atoms with Crippen molar-refractivity contribution in [1.29, 1.82) is 0 Å². The van der Waals surface area contributed by atoms with Crippen LogP contribution in [0.5, 0.6) is 5.75 Å². The van der Waals surface area contributed by atoms with Gasteiger partial charge in [-0.15, -0.1) is 0 Å². The van der Waals surface area contributed by atoms with Crippen molar-refractivity contribution in [1.82, 2.24) is 10.6 Å². The molecule has 1 aromatic rings. The highest BCUT2D eigenvalue weighted by molar-refractivity contribution is 7.90. The number of nitrogens with one attached hydrogen (secondary N) is 2. The first kappa shape index (κ1) is 17.3. The highest BCUT2D eigenvalue weighted by Crippen LogP contribution is 2.15. The van der Waals surface area contributed by atoms with Gasteiger partial charge in [-0.1, -0.05) is 0 Å². The van der Waals surface area contributed by atoms with E-state index in [4.69, 9.17) is 4.74 Å². The first-order chi connectivity index (χ1) is 9.82. The van der Waals surface area contributed by atoms with E-state index in [1.54, 1.807) is 19.2 Å². The average molecular weight is 313 g/mol. The molecule has 2 N–H and O–H groups in total. The minimum absolute atomic E-state index is 0.287. The third kappa shape index (κ3) is 6.48. The lowest BCUT2D eigenvalue weighted by molar-refractivity contribution is 0.321. The molecule has 0 spiro atoms. The van der Waals surface area contributed by atoms with E-state index in [0.29, 0.717) is 24.9 Å². The molecule has 0 aliphatic carbocycles. The summed E-state index contributed by atoms with van der Waals surface area (Å²) in [5.74, 6) is 1.36. The quantitative estimate of drug-likeness (QED) is 0.466. The van der Waals surface area contributed by atoms with Crippen LogP contribution < -0.4 is 15.4 Å². The Labute approximate surface area is 126 Å². The smallest absolute Gasteiger partial charge is 0.191 e. The number of ether oxygens (including phenoxy) is 1. The Balaban J connectivity index is 2.39. The molecule has 0 aliphatic rings. The van der Waals surface area contributed by atoms with E-state index in [1.165, 1.54) is 18.4 Å². The molecule has 0 radical (unpaired) electrons. The summed E-state index contributed by atoms with van der Waals surface area (Å²) in [4.78, 5) is 4.37. The summed E-state index contributed by atoms with van der Waals surface area (Å²) >= 11 is 0. The summed E-state index contributed by atoms with van der Waals surface area (Å²) < 4.78 is 28.2. The fourth-order valence-electron chi connectivity index (χ4n) is 1.59. The SMILES string of the molecule is CN=C(NCCOc1ccc(S(C)(=O)=O)cc1)NC(C)C. The second-order valence-electron chi connectivity index (χ2n) is 4.89. The molecular weight excluding hydrogens is 290 g/mol. The van der Waals surface area contributed by atoms with Crippen LogP contribution in [-0.4, -0.2) is 46.9 Å². The van der Waals surface area contributed by atoms with Crippen molar-refractivity contribution >= 4 is 15.8 Å². The van der Waals surface area contributed by atoms with Crippen LogP contribution >= 0.6 is 0 Å². The second-order valence-corrected chi connectivity index (χ2v) is 6.91. The number of guanidine groups is 1. The number of hydrogen-bond donors (Lipinski definition) is 2. The molecule has 21 heavy (non-hydrogen) atoms. The molecule has 0 saturated heterocycles. The van der Waals surface area contributed by atoms with Crippen LogP contribution in [0.2, 0.25) is 0 Å². The summed E-state index contributed by atoms with van der Waals surface area (Å²) in [5.41, 5.74) is 0. The van der Waals surface area contributed by atoms with Crippen LogP contribution in [0.1, 0.15) is 13.8 Å². The predicted octanol–water partition coefficient (Wildman–Crippen LogP) is 1.04. The molecule has 0 atom stereocenters. The summed E-state index contributed by atoms with van der Waals surface area (Å²) in [7, 11) is -1.45. The molecule has 0 bridgehead atoms. The van der Waals surface area contributed by atoms with Crippen LogP contribution in [0.15, 0.2) is 34.2 Å². The van der Waals surface area contributed by atoms with E-state index in [9.17, 15) is 8.42 Å². The summed E-state index contributed by atoms with van der Waals surface area (Å²) in [5, 5.41) is 6.29. The van der Waals surface area contributed by atoms with E-state index in [0.717, 1.165) is 5.96 Å². The number of sulfone groups is 1. The van der Waals surface area contributed by atoms with E-state index in [1.807, 2.05) is 13.8 Å². The Morgan fingerprint density at radius 1 is 1.29 bits per heavy atom. The molecule has 0 heterocycles. The Morgan fingerprint density at radius 2 is 1.90 bits per heavy atom. The molecule has 1 rings (SSSR count). The molecule has 1 aromatic carbocycles. The molecule has 6 nitrogen and oxygen atoms in total. The van der Waals surface area contributed by atoms with Crippen molar-refractivity contribution in [2.45, 2.75) is 24.8 Å². The predicted molar refractivity (Wildman–Crippen MR) is 84.7 cm³/mol. The second kappa shape index (κ2) is 7.87. The Morgan fingerprint density at radius 3 is 2.38 bits per heavy atom. The van der Waals surface area contributed by atoms with Crippen LogP contribution in [0, 0.1) is 0 Å². The summed E-state index contributed by atoms with van der Waals surface area (Å²) in [6.45, 7) is 5.12. The monoisotopic (exact) mass is 313 g/mol. The maximum atomic E-state index is 11.3. The maximum absolute atomic E-state index is 11.3. The van der Waals surface area contributed by atoms with Gasteiger partial charge in [-0.05, 0) is 38.1 Å². The zero-order valence-electron chi connectivity index (χ0n) is 12.9. The largest absolute Gasteiger partial charge is 0.492 e. The van der Waals surface area contributed by atoms with Crippen LogP contribution in [0.4, 0.5) is 0 Å². The first-order valence-corrected chi connectivity index (χ1v) is 8.62. The van der Waals surface area contributed by atoms with Crippen molar-refractivity contribution in [2.24, 2.45) is 4.99 Å². The number of rotatable bonds is 6. The molecule has 118 valence electrons. The highest BCUT2D eigenvalue weighted by Gasteiger charge is 2.06. The lowest BCUT2D eigenvalue weighted by Gasteiger charge is -2.14. The number of benzene rings is 1. The lowest BCUT2D eigenvalue weighted by atomic mass is 10.3. The molecule has 0 fully saturated rings. The third-order valence-electron chi connectivity index (χ3n) is 2.56. The van der Waals surface area contributed by atoms with Gasteiger partial charge in [0.2, 0.25) is 0 Å². The third-order valence-corrected chi connectivity index (χ3v) is 3.69. The molecule has 0 aromatic heterocycles. The molecule has 7 heteroatoms. The van der Waals surface area contributed by atoms with Crippen molar-refractivity contribution in [3.8, 4) is 5.75 Å².